The van der Waals surface area contributed by atoms with Crippen LogP contribution in [0.4, 0.5) is 0 Å². The number of carbonyl (C=O) groups is 1. The molecule has 0 heterocycles. The van der Waals surface area contributed by atoms with E-state index in [-0.39, 0.29) is 12.0 Å². The number of hydrogen-bond acceptors (Lipinski definition) is 4. The van der Waals surface area contributed by atoms with Crippen LogP contribution in [0, 0.1) is 5.92 Å². The van der Waals surface area contributed by atoms with Crippen molar-refractivity contribution in [3.63, 3.8) is 0 Å². The summed E-state index contributed by atoms with van der Waals surface area (Å²) in [6.07, 6.45) is 4.65. The van der Waals surface area contributed by atoms with Gasteiger partial charge in [0, 0.05) is 12.6 Å². The summed E-state index contributed by atoms with van der Waals surface area (Å²) in [5.41, 5.74) is 0. The van der Waals surface area contributed by atoms with E-state index in [1.54, 1.807) is 0 Å². The van der Waals surface area contributed by atoms with Crippen LogP contribution in [0.25, 0.3) is 0 Å². The minimum absolute atomic E-state index is 0.187. The van der Waals surface area contributed by atoms with Crippen LogP contribution in [0.5, 0.6) is 0 Å². The van der Waals surface area contributed by atoms with Crippen LogP contribution >= 0.6 is 0 Å². The minimum Gasteiger partial charge on any atom is -0.465 e. The maximum absolute atomic E-state index is 11.7. The van der Waals surface area contributed by atoms with Gasteiger partial charge in [-0.15, -0.1) is 0 Å². The van der Waals surface area contributed by atoms with Gasteiger partial charge in [0.1, 0.15) is 6.04 Å². The molecule has 1 aliphatic rings. The van der Waals surface area contributed by atoms with Crippen molar-refractivity contribution in [2.75, 3.05) is 19.8 Å². The lowest BCUT2D eigenvalue weighted by Gasteiger charge is -2.18. The van der Waals surface area contributed by atoms with E-state index in [0.29, 0.717) is 25.2 Å². The average molecular weight is 257 g/mol. The van der Waals surface area contributed by atoms with Crippen molar-refractivity contribution in [3.8, 4) is 0 Å². The quantitative estimate of drug-likeness (QED) is 0.609. The van der Waals surface area contributed by atoms with Gasteiger partial charge in [0.15, 0.2) is 0 Å². The van der Waals surface area contributed by atoms with Crippen molar-refractivity contribution in [1.82, 2.24) is 5.32 Å². The Morgan fingerprint density at radius 1 is 1.33 bits per heavy atom. The Balaban J connectivity index is 2.24. The summed E-state index contributed by atoms with van der Waals surface area (Å²) in [7, 11) is 0. The zero-order valence-electron chi connectivity index (χ0n) is 11.9. The van der Waals surface area contributed by atoms with Crippen LogP contribution < -0.4 is 5.32 Å². The molecule has 0 spiro atoms. The number of rotatable bonds is 10. The molecule has 0 amide bonds. The largest absolute Gasteiger partial charge is 0.465 e. The first-order chi connectivity index (χ1) is 8.67. The second-order valence-electron chi connectivity index (χ2n) is 5.18. The Labute approximate surface area is 110 Å². The lowest BCUT2D eigenvalue weighted by Crippen LogP contribution is -2.43. The first-order valence-electron chi connectivity index (χ1n) is 7.17. The smallest absolute Gasteiger partial charge is 0.325 e. The van der Waals surface area contributed by atoms with Crippen LogP contribution in [0.1, 0.15) is 46.5 Å². The lowest BCUT2D eigenvalue weighted by molar-refractivity contribution is -0.147. The van der Waals surface area contributed by atoms with Crippen molar-refractivity contribution in [3.05, 3.63) is 0 Å². The van der Waals surface area contributed by atoms with Gasteiger partial charge in [-0.3, -0.25) is 10.1 Å². The van der Waals surface area contributed by atoms with E-state index >= 15 is 0 Å². The monoisotopic (exact) mass is 257 g/mol. The Kier molecular flexibility index (Phi) is 7.28. The van der Waals surface area contributed by atoms with E-state index in [4.69, 9.17) is 9.47 Å². The third kappa shape index (κ3) is 6.36. The molecule has 1 saturated carbocycles. The highest BCUT2D eigenvalue weighted by Gasteiger charge is 2.29. The van der Waals surface area contributed by atoms with E-state index in [1.165, 1.54) is 12.8 Å². The summed E-state index contributed by atoms with van der Waals surface area (Å²) in [5, 5.41) is 3.28. The second-order valence-corrected chi connectivity index (χ2v) is 5.18. The van der Waals surface area contributed by atoms with Crippen molar-refractivity contribution in [1.29, 1.82) is 0 Å². The molecule has 2 atom stereocenters. The zero-order chi connectivity index (χ0) is 13.4. The van der Waals surface area contributed by atoms with Crippen LogP contribution in [-0.2, 0) is 14.3 Å². The molecular formula is C14H27NO3. The third-order valence-corrected chi connectivity index (χ3v) is 3.05. The van der Waals surface area contributed by atoms with Gasteiger partial charge in [0.25, 0.3) is 0 Å². The molecule has 1 fully saturated rings. The fourth-order valence-electron chi connectivity index (χ4n) is 1.92. The summed E-state index contributed by atoms with van der Waals surface area (Å²) in [5.74, 6) is 0.367. The van der Waals surface area contributed by atoms with E-state index in [9.17, 15) is 4.79 Å². The normalized spacial score (nSPS) is 18.4. The van der Waals surface area contributed by atoms with Crippen molar-refractivity contribution in [2.24, 2.45) is 5.92 Å². The highest BCUT2D eigenvalue weighted by molar-refractivity contribution is 5.76. The van der Waals surface area contributed by atoms with Gasteiger partial charge >= 0.3 is 5.97 Å². The first-order valence-corrected chi connectivity index (χ1v) is 7.17. The van der Waals surface area contributed by atoms with E-state index < -0.39 is 0 Å². The van der Waals surface area contributed by atoms with E-state index in [1.807, 2.05) is 6.92 Å². The number of carbonyl (C=O) groups excluding carboxylic acids is 1. The number of nitrogens with one attached hydrogen (secondary N) is 1. The van der Waals surface area contributed by atoms with Gasteiger partial charge in [0.2, 0.25) is 0 Å². The number of ether oxygens (including phenoxy) is 2. The summed E-state index contributed by atoms with van der Waals surface area (Å²) >= 11 is 0. The fraction of sp³-hybridized carbons (Fsp3) is 0.929. The van der Waals surface area contributed by atoms with E-state index in [2.05, 4.69) is 19.2 Å². The first kappa shape index (κ1) is 15.4. The maximum Gasteiger partial charge on any atom is 0.325 e. The Bertz CT molecular complexity index is 241. The van der Waals surface area contributed by atoms with Crippen LogP contribution in [0.3, 0.4) is 0 Å². The topological polar surface area (TPSA) is 47.6 Å². The molecule has 0 radical (unpaired) electrons. The van der Waals surface area contributed by atoms with Gasteiger partial charge in [0.05, 0.1) is 13.2 Å². The van der Waals surface area contributed by atoms with Gasteiger partial charge in [-0.05, 0) is 32.1 Å². The Morgan fingerprint density at radius 3 is 2.61 bits per heavy atom. The SMILES string of the molecule is CCCC(C)COCC(NC1CC1)C(=O)OCC. The van der Waals surface area contributed by atoms with Gasteiger partial charge < -0.3 is 9.47 Å². The zero-order valence-corrected chi connectivity index (χ0v) is 11.9. The molecule has 0 bridgehead atoms. The lowest BCUT2D eigenvalue weighted by atomic mass is 10.1. The predicted octanol–water partition coefficient (Wildman–Crippen LogP) is 2.12. The number of esters is 1. The molecule has 0 saturated heterocycles. The molecule has 0 aromatic rings. The Morgan fingerprint density at radius 2 is 2.06 bits per heavy atom. The van der Waals surface area contributed by atoms with E-state index in [0.717, 1.165) is 19.4 Å². The van der Waals surface area contributed by atoms with Gasteiger partial charge in [-0.25, -0.2) is 0 Å². The molecule has 1 rings (SSSR count). The molecule has 4 nitrogen and oxygen atoms in total. The second kappa shape index (κ2) is 8.48. The van der Waals surface area contributed by atoms with Crippen LogP contribution in [-0.4, -0.2) is 37.9 Å². The molecule has 0 aromatic carbocycles. The average Bonchev–Trinajstić information content (AvgIpc) is 3.12. The third-order valence-electron chi connectivity index (χ3n) is 3.05. The molecule has 1 aliphatic carbocycles. The predicted molar refractivity (Wildman–Crippen MR) is 71.5 cm³/mol. The standard InChI is InChI=1S/C14H27NO3/c1-4-6-11(3)9-17-10-13(14(16)18-5-2)15-12-7-8-12/h11-13,15H,4-10H2,1-3H3. The highest BCUT2D eigenvalue weighted by atomic mass is 16.5. The van der Waals surface area contributed by atoms with Crippen LogP contribution in [0.15, 0.2) is 0 Å². The Hall–Kier alpha value is -0.610. The maximum atomic E-state index is 11.7. The molecule has 4 heteroatoms. The van der Waals surface area contributed by atoms with Crippen molar-refractivity contribution in [2.45, 2.75) is 58.5 Å². The van der Waals surface area contributed by atoms with Gasteiger partial charge in [-0.1, -0.05) is 20.3 Å². The summed E-state index contributed by atoms with van der Waals surface area (Å²) < 4.78 is 10.7. The number of hydrogen-bond donors (Lipinski definition) is 1. The van der Waals surface area contributed by atoms with Crippen molar-refractivity contribution >= 4 is 5.97 Å². The highest BCUT2D eigenvalue weighted by Crippen LogP contribution is 2.19. The molecular weight excluding hydrogens is 230 g/mol. The fourth-order valence-corrected chi connectivity index (χ4v) is 1.92. The summed E-state index contributed by atoms with van der Waals surface area (Å²) in [6, 6.07) is 0.183. The minimum atomic E-state index is -0.300. The molecule has 1 N–H and O–H groups in total. The molecule has 0 aliphatic heterocycles. The van der Waals surface area contributed by atoms with Crippen LogP contribution in [0.2, 0.25) is 0 Å². The van der Waals surface area contributed by atoms with Gasteiger partial charge in [-0.2, -0.15) is 0 Å². The molecule has 106 valence electrons. The molecule has 0 aromatic heterocycles. The molecule has 18 heavy (non-hydrogen) atoms. The summed E-state index contributed by atoms with van der Waals surface area (Å²) in [4.78, 5) is 11.7. The summed E-state index contributed by atoms with van der Waals surface area (Å²) in [6.45, 7) is 7.74. The molecule has 2 unspecified atom stereocenters. The van der Waals surface area contributed by atoms with Crippen molar-refractivity contribution < 1.29 is 14.3 Å².